The van der Waals surface area contributed by atoms with Crippen molar-refractivity contribution in [1.29, 1.82) is 0 Å². The summed E-state index contributed by atoms with van der Waals surface area (Å²) in [6, 6.07) is 6.74. The lowest BCUT2D eigenvalue weighted by atomic mass is 9.69. The largest absolute Gasteiger partial charge is 0.396 e. The Morgan fingerprint density at radius 3 is 2.68 bits per heavy atom. The smallest absolute Gasteiger partial charge is 0.244 e. The van der Waals surface area contributed by atoms with E-state index in [0.29, 0.717) is 19.4 Å². The minimum Gasteiger partial charge on any atom is -0.396 e. The maximum absolute atomic E-state index is 13.6. The maximum Gasteiger partial charge on any atom is 0.244 e. The molecule has 2 aliphatic rings. The Kier molecular flexibility index (Phi) is 7.26. The molecule has 1 fully saturated rings. The number of rotatable bonds is 9. The minimum absolute atomic E-state index is 0.0177. The van der Waals surface area contributed by atoms with Crippen molar-refractivity contribution in [3.05, 3.63) is 36.4 Å². The van der Waals surface area contributed by atoms with E-state index >= 15 is 0 Å². The highest BCUT2D eigenvalue weighted by Gasteiger charge is 2.56. The first-order chi connectivity index (χ1) is 16.5. The Morgan fingerprint density at radius 1 is 1.15 bits per heavy atom. The van der Waals surface area contributed by atoms with Gasteiger partial charge in [0.25, 0.3) is 0 Å². The predicted molar refractivity (Wildman–Crippen MR) is 125 cm³/mol. The lowest BCUT2D eigenvalue weighted by Crippen LogP contribution is -2.48. The number of aliphatic hydroxyl groups is 1. The molecule has 0 radical (unpaired) electrons. The lowest BCUT2D eigenvalue weighted by Gasteiger charge is -2.33. The number of likely N-dealkylation sites (tertiary alicyclic amines) is 1. The van der Waals surface area contributed by atoms with Crippen molar-refractivity contribution < 1.29 is 19.5 Å². The number of allylic oxidation sites excluding steroid dienone is 1. The number of hydrogen-bond donors (Lipinski definition) is 3. The highest BCUT2D eigenvalue weighted by atomic mass is 16.3. The van der Waals surface area contributed by atoms with Crippen LogP contribution in [0.15, 0.2) is 36.4 Å². The van der Waals surface area contributed by atoms with Crippen LogP contribution in [0.1, 0.15) is 26.2 Å². The molecule has 5 atom stereocenters. The number of aliphatic hydroxyl groups excluding tert-OH is 1. The van der Waals surface area contributed by atoms with E-state index in [1.165, 1.54) is 0 Å². The van der Waals surface area contributed by atoms with Crippen LogP contribution in [-0.2, 0) is 21.1 Å². The molecular formula is C24H32N6O4. The number of para-hydroxylation sites is 1. The van der Waals surface area contributed by atoms with Crippen molar-refractivity contribution in [1.82, 2.24) is 30.5 Å². The predicted octanol–water partition coefficient (Wildman–Crippen LogP) is 0.679. The minimum atomic E-state index is -0.729. The number of nitrogens with zero attached hydrogens (tertiary/aromatic N) is 4. The SMILES string of the molecule is CC[C@@H]1C=C[C@H]2[C@H](C(=O)N(CCCCO)[C@@H]2C(=O)NCn2nnc3ccccc32)[C@@H]1C(=O)NC. The zero-order valence-corrected chi connectivity index (χ0v) is 19.6. The lowest BCUT2D eigenvalue weighted by molar-refractivity contribution is -0.141. The second-order valence-corrected chi connectivity index (χ2v) is 8.88. The summed E-state index contributed by atoms with van der Waals surface area (Å²) < 4.78 is 1.61. The molecule has 4 rings (SSSR count). The van der Waals surface area contributed by atoms with E-state index in [-0.39, 0.29) is 36.9 Å². The molecule has 2 heterocycles. The molecule has 0 spiro atoms. The molecule has 1 aromatic carbocycles. The molecule has 1 aromatic heterocycles. The standard InChI is InChI=1S/C24H32N6O4/c1-3-15-10-11-16-20(19(15)22(32)25-2)24(34)29(12-6-7-13-31)21(16)23(33)26-14-30-18-9-5-4-8-17(18)27-28-30/h4-5,8-11,15-16,19-21,31H,3,6-7,12-14H2,1-2H3,(H,25,32)(H,26,33)/t15-,16+,19-,20+,21+/m1/s1. The summed E-state index contributed by atoms with van der Waals surface area (Å²) in [6.45, 7) is 2.48. The van der Waals surface area contributed by atoms with Gasteiger partial charge >= 0.3 is 0 Å². The van der Waals surface area contributed by atoms with Crippen molar-refractivity contribution in [3.8, 4) is 0 Å². The van der Waals surface area contributed by atoms with Crippen LogP contribution in [0.5, 0.6) is 0 Å². The second-order valence-electron chi connectivity index (χ2n) is 8.88. The Labute approximate surface area is 198 Å². The third-order valence-corrected chi connectivity index (χ3v) is 7.03. The quantitative estimate of drug-likeness (QED) is 0.367. The summed E-state index contributed by atoms with van der Waals surface area (Å²) in [5, 5.41) is 23.1. The Morgan fingerprint density at radius 2 is 1.94 bits per heavy atom. The topological polar surface area (TPSA) is 129 Å². The highest BCUT2D eigenvalue weighted by molar-refractivity contribution is 5.96. The fourth-order valence-electron chi connectivity index (χ4n) is 5.34. The normalized spacial score (nSPS) is 26.0. The van der Waals surface area contributed by atoms with Gasteiger partial charge in [0.05, 0.1) is 17.4 Å². The molecule has 10 heteroatoms. The summed E-state index contributed by atoms with van der Waals surface area (Å²) in [5.74, 6) is -2.22. The number of hydrogen-bond acceptors (Lipinski definition) is 6. The maximum atomic E-state index is 13.6. The van der Waals surface area contributed by atoms with Gasteiger partial charge in [-0.1, -0.05) is 36.4 Å². The Balaban J connectivity index is 1.60. The van der Waals surface area contributed by atoms with Gasteiger partial charge in [-0.05, 0) is 37.3 Å². The van der Waals surface area contributed by atoms with Crippen LogP contribution < -0.4 is 10.6 Å². The van der Waals surface area contributed by atoms with Crippen LogP contribution >= 0.6 is 0 Å². The van der Waals surface area contributed by atoms with E-state index in [0.717, 1.165) is 17.5 Å². The molecule has 1 saturated heterocycles. The molecule has 1 aliphatic carbocycles. The Hall–Kier alpha value is -3.27. The van der Waals surface area contributed by atoms with Crippen molar-refractivity contribution in [2.45, 2.75) is 38.9 Å². The van der Waals surface area contributed by atoms with E-state index in [2.05, 4.69) is 20.9 Å². The molecule has 182 valence electrons. The number of carbonyl (C=O) groups is 3. The number of aromatic nitrogens is 3. The van der Waals surface area contributed by atoms with Crippen LogP contribution in [0, 0.1) is 23.7 Å². The van der Waals surface area contributed by atoms with Gasteiger partial charge in [0.2, 0.25) is 17.7 Å². The van der Waals surface area contributed by atoms with Gasteiger partial charge in [-0.15, -0.1) is 5.10 Å². The zero-order valence-electron chi connectivity index (χ0n) is 19.6. The summed E-state index contributed by atoms with van der Waals surface area (Å²) in [4.78, 5) is 41.5. The first kappa shape index (κ1) is 23.9. The molecule has 2 aromatic rings. The third kappa shape index (κ3) is 4.29. The van der Waals surface area contributed by atoms with Gasteiger partial charge in [-0.2, -0.15) is 0 Å². The summed E-state index contributed by atoms with van der Waals surface area (Å²) >= 11 is 0. The summed E-state index contributed by atoms with van der Waals surface area (Å²) in [5.41, 5.74) is 1.53. The van der Waals surface area contributed by atoms with E-state index in [9.17, 15) is 19.5 Å². The van der Waals surface area contributed by atoms with Gasteiger partial charge < -0.3 is 20.6 Å². The number of nitrogens with one attached hydrogen (secondary N) is 2. The molecule has 3 amide bonds. The first-order valence-electron chi connectivity index (χ1n) is 11.9. The average molecular weight is 469 g/mol. The molecule has 0 bridgehead atoms. The third-order valence-electron chi connectivity index (χ3n) is 7.03. The van der Waals surface area contributed by atoms with E-state index in [4.69, 9.17) is 0 Å². The van der Waals surface area contributed by atoms with Crippen molar-refractivity contribution in [3.63, 3.8) is 0 Å². The molecule has 34 heavy (non-hydrogen) atoms. The molecular weight excluding hydrogens is 436 g/mol. The number of benzene rings is 1. The number of carbonyl (C=O) groups excluding carboxylic acids is 3. The number of fused-ring (bicyclic) bond motifs is 2. The van der Waals surface area contributed by atoms with Crippen molar-refractivity contribution >= 4 is 28.8 Å². The fourth-order valence-corrected chi connectivity index (χ4v) is 5.34. The molecule has 0 unspecified atom stereocenters. The fraction of sp³-hybridized carbons (Fsp3) is 0.542. The van der Waals surface area contributed by atoms with Gasteiger partial charge in [-0.3, -0.25) is 14.4 Å². The van der Waals surface area contributed by atoms with E-state index in [1.54, 1.807) is 16.6 Å². The highest BCUT2D eigenvalue weighted by Crippen LogP contribution is 2.44. The van der Waals surface area contributed by atoms with Gasteiger partial charge in [-0.25, -0.2) is 4.68 Å². The van der Waals surface area contributed by atoms with Crippen LogP contribution in [-0.4, -0.2) is 69.0 Å². The zero-order chi connectivity index (χ0) is 24.2. The number of unbranched alkanes of at least 4 members (excludes halogenated alkanes) is 1. The molecule has 0 saturated carbocycles. The second kappa shape index (κ2) is 10.3. The first-order valence-corrected chi connectivity index (χ1v) is 11.9. The molecule has 10 nitrogen and oxygen atoms in total. The van der Waals surface area contributed by atoms with Crippen LogP contribution in [0.2, 0.25) is 0 Å². The molecule has 1 aliphatic heterocycles. The molecule has 3 N–H and O–H groups in total. The van der Waals surface area contributed by atoms with Crippen LogP contribution in [0.4, 0.5) is 0 Å². The van der Waals surface area contributed by atoms with E-state index in [1.807, 2.05) is 43.3 Å². The van der Waals surface area contributed by atoms with Crippen LogP contribution in [0.3, 0.4) is 0 Å². The number of amides is 3. The van der Waals surface area contributed by atoms with Crippen molar-refractivity contribution in [2.75, 3.05) is 20.2 Å². The van der Waals surface area contributed by atoms with Gasteiger partial charge in [0.15, 0.2) is 0 Å². The van der Waals surface area contributed by atoms with Crippen molar-refractivity contribution in [2.24, 2.45) is 23.7 Å². The summed E-state index contributed by atoms with van der Waals surface area (Å²) in [6.07, 6.45) is 5.76. The average Bonchev–Trinajstić information content (AvgIpc) is 3.40. The summed E-state index contributed by atoms with van der Waals surface area (Å²) in [7, 11) is 1.58. The Bertz CT molecular complexity index is 1080. The van der Waals surface area contributed by atoms with E-state index < -0.39 is 23.8 Å². The van der Waals surface area contributed by atoms with Crippen LogP contribution in [0.25, 0.3) is 11.0 Å². The van der Waals surface area contributed by atoms with Gasteiger partial charge in [0, 0.05) is 26.1 Å². The van der Waals surface area contributed by atoms with Gasteiger partial charge in [0.1, 0.15) is 18.2 Å². The monoisotopic (exact) mass is 468 g/mol.